The maximum Gasteiger partial charge on any atom is 0.337 e. The highest BCUT2D eigenvalue weighted by atomic mass is 35.5. The molecule has 2 aromatic rings. The van der Waals surface area contributed by atoms with Crippen LogP contribution in [0.1, 0.15) is 27.6 Å². The molecule has 0 saturated carbocycles. The van der Waals surface area contributed by atoms with Crippen molar-refractivity contribution in [3.05, 3.63) is 58.6 Å². The molecule has 6 heteroatoms. The summed E-state index contributed by atoms with van der Waals surface area (Å²) >= 11 is 5.77. The number of carbonyl (C=O) groups excluding carboxylic acids is 1. The molecule has 1 amide bonds. The van der Waals surface area contributed by atoms with Crippen molar-refractivity contribution in [3.63, 3.8) is 0 Å². The van der Waals surface area contributed by atoms with Crippen LogP contribution < -0.4 is 10.1 Å². The number of hydrogen-bond donors (Lipinski definition) is 2. The van der Waals surface area contributed by atoms with Gasteiger partial charge in [0.1, 0.15) is 5.75 Å². The number of anilines is 1. The molecule has 2 aromatic carbocycles. The number of carboxylic acid groups (broad SMARTS) is 1. The lowest BCUT2D eigenvalue weighted by Crippen LogP contribution is -2.14. The van der Waals surface area contributed by atoms with E-state index in [4.69, 9.17) is 21.4 Å². The zero-order valence-corrected chi connectivity index (χ0v) is 12.6. The van der Waals surface area contributed by atoms with Crippen LogP contribution in [0.15, 0.2) is 42.5 Å². The highest BCUT2D eigenvalue weighted by Crippen LogP contribution is 2.22. The number of amides is 1. The minimum atomic E-state index is -1.16. The normalized spacial score (nSPS) is 10.1. The maximum absolute atomic E-state index is 12.2. The quantitative estimate of drug-likeness (QED) is 0.881. The van der Waals surface area contributed by atoms with E-state index in [1.165, 1.54) is 18.2 Å². The largest absolute Gasteiger partial charge is 0.494 e. The third kappa shape index (κ3) is 3.77. The summed E-state index contributed by atoms with van der Waals surface area (Å²) in [5.41, 5.74) is 0.525. The SMILES string of the molecule is CCOc1ccc(C(=O)Nc2ccc(Cl)cc2C(=O)O)cc1. The monoisotopic (exact) mass is 319 g/mol. The lowest BCUT2D eigenvalue weighted by Gasteiger charge is -2.09. The maximum atomic E-state index is 12.2. The van der Waals surface area contributed by atoms with Gasteiger partial charge in [0.2, 0.25) is 0 Å². The molecule has 0 bridgehead atoms. The fourth-order valence-corrected chi connectivity index (χ4v) is 2.04. The molecule has 0 aliphatic carbocycles. The first-order valence-corrected chi connectivity index (χ1v) is 6.96. The molecule has 0 radical (unpaired) electrons. The Morgan fingerprint density at radius 1 is 1.18 bits per heavy atom. The second-order valence-electron chi connectivity index (χ2n) is 4.41. The molecule has 2 N–H and O–H groups in total. The number of rotatable bonds is 5. The van der Waals surface area contributed by atoms with Crippen molar-refractivity contribution < 1.29 is 19.4 Å². The molecule has 5 nitrogen and oxygen atoms in total. The van der Waals surface area contributed by atoms with E-state index in [2.05, 4.69) is 5.32 Å². The first-order valence-electron chi connectivity index (χ1n) is 6.58. The van der Waals surface area contributed by atoms with Crippen molar-refractivity contribution in [2.24, 2.45) is 0 Å². The van der Waals surface area contributed by atoms with E-state index < -0.39 is 11.9 Å². The third-order valence-electron chi connectivity index (χ3n) is 2.89. The lowest BCUT2D eigenvalue weighted by molar-refractivity contribution is 0.0698. The van der Waals surface area contributed by atoms with Crippen molar-refractivity contribution in [1.82, 2.24) is 0 Å². The summed E-state index contributed by atoms with van der Waals surface area (Å²) in [5, 5.41) is 12.0. The van der Waals surface area contributed by atoms with Crippen LogP contribution >= 0.6 is 11.6 Å². The van der Waals surface area contributed by atoms with Crippen molar-refractivity contribution in [1.29, 1.82) is 0 Å². The van der Waals surface area contributed by atoms with Gasteiger partial charge in [-0.2, -0.15) is 0 Å². The van der Waals surface area contributed by atoms with Gasteiger partial charge >= 0.3 is 5.97 Å². The Kier molecular flexibility index (Phi) is 5.01. The smallest absolute Gasteiger partial charge is 0.337 e. The number of aromatic carboxylic acids is 1. The van der Waals surface area contributed by atoms with Crippen molar-refractivity contribution in [2.75, 3.05) is 11.9 Å². The number of ether oxygens (including phenoxy) is 1. The Morgan fingerprint density at radius 3 is 2.45 bits per heavy atom. The molecular formula is C16H14ClNO4. The Labute approximate surface area is 132 Å². The van der Waals surface area contributed by atoms with E-state index in [0.29, 0.717) is 17.9 Å². The predicted molar refractivity (Wildman–Crippen MR) is 84.0 cm³/mol. The summed E-state index contributed by atoms with van der Waals surface area (Å²) in [6.07, 6.45) is 0. The zero-order chi connectivity index (χ0) is 16.1. The second kappa shape index (κ2) is 6.95. The molecule has 22 heavy (non-hydrogen) atoms. The molecule has 0 aromatic heterocycles. The number of carboxylic acids is 1. The molecule has 0 aliphatic heterocycles. The summed E-state index contributed by atoms with van der Waals surface area (Å²) in [6, 6.07) is 10.8. The number of hydrogen-bond acceptors (Lipinski definition) is 3. The van der Waals surface area contributed by atoms with Crippen LogP contribution in [0.2, 0.25) is 5.02 Å². The van der Waals surface area contributed by atoms with E-state index in [0.717, 1.165) is 0 Å². The standard InChI is InChI=1S/C16H14ClNO4/c1-2-22-12-6-3-10(4-7-12)15(19)18-14-8-5-11(17)9-13(14)16(20)21/h3-9H,2H2,1H3,(H,18,19)(H,20,21). The summed E-state index contributed by atoms with van der Waals surface area (Å²) in [5.74, 6) is -0.908. The van der Waals surface area contributed by atoms with Crippen LogP contribution in [-0.2, 0) is 0 Å². The van der Waals surface area contributed by atoms with E-state index in [-0.39, 0.29) is 16.3 Å². The molecule has 0 atom stereocenters. The Balaban J connectivity index is 2.20. The van der Waals surface area contributed by atoms with Crippen LogP contribution in [0.4, 0.5) is 5.69 Å². The number of carbonyl (C=O) groups is 2. The van der Waals surface area contributed by atoms with E-state index in [1.807, 2.05) is 6.92 Å². The van der Waals surface area contributed by atoms with Gasteiger partial charge in [0, 0.05) is 10.6 Å². The average molecular weight is 320 g/mol. The van der Waals surface area contributed by atoms with Crippen LogP contribution in [0.25, 0.3) is 0 Å². The summed E-state index contributed by atoms with van der Waals surface area (Å²) in [4.78, 5) is 23.3. The molecule has 0 heterocycles. The van der Waals surface area contributed by atoms with Crippen molar-refractivity contribution >= 4 is 29.2 Å². The number of nitrogens with one attached hydrogen (secondary N) is 1. The van der Waals surface area contributed by atoms with Gasteiger partial charge in [0.15, 0.2) is 0 Å². The summed E-state index contributed by atoms with van der Waals surface area (Å²) in [7, 11) is 0. The summed E-state index contributed by atoms with van der Waals surface area (Å²) < 4.78 is 5.30. The predicted octanol–water partition coefficient (Wildman–Crippen LogP) is 3.69. The number of halogens is 1. The van der Waals surface area contributed by atoms with E-state index in [9.17, 15) is 9.59 Å². The van der Waals surface area contributed by atoms with Gasteiger partial charge in [-0.3, -0.25) is 4.79 Å². The number of benzene rings is 2. The van der Waals surface area contributed by atoms with Gasteiger partial charge in [-0.1, -0.05) is 11.6 Å². The van der Waals surface area contributed by atoms with Crippen molar-refractivity contribution in [3.8, 4) is 5.75 Å². The molecule has 114 valence electrons. The van der Waals surface area contributed by atoms with Crippen molar-refractivity contribution in [2.45, 2.75) is 6.92 Å². The van der Waals surface area contributed by atoms with E-state index >= 15 is 0 Å². The molecule has 0 spiro atoms. The lowest BCUT2D eigenvalue weighted by atomic mass is 10.1. The molecule has 2 rings (SSSR count). The highest BCUT2D eigenvalue weighted by molar-refractivity contribution is 6.31. The van der Waals surface area contributed by atoms with Crippen LogP contribution in [0.5, 0.6) is 5.75 Å². The topological polar surface area (TPSA) is 75.6 Å². The zero-order valence-electron chi connectivity index (χ0n) is 11.8. The highest BCUT2D eigenvalue weighted by Gasteiger charge is 2.14. The van der Waals surface area contributed by atoms with Gasteiger partial charge < -0.3 is 15.2 Å². The van der Waals surface area contributed by atoms with Gasteiger partial charge in [0.05, 0.1) is 17.9 Å². The third-order valence-corrected chi connectivity index (χ3v) is 3.12. The Bertz CT molecular complexity index is 698. The molecule has 0 aliphatic rings. The minimum Gasteiger partial charge on any atom is -0.494 e. The van der Waals surface area contributed by atoms with Gasteiger partial charge in [-0.05, 0) is 49.4 Å². The van der Waals surface area contributed by atoms with Gasteiger partial charge in [-0.15, -0.1) is 0 Å². The van der Waals surface area contributed by atoms with Crippen LogP contribution in [0, 0.1) is 0 Å². The van der Waals surface area contributed by atoms with Crippen LogP contribution in [-0.4, -0.2) is 23.6 Å². The Morgan fingerprint density at radius 2 is 1.86 bits per heavy atom. The first kappa shape index (κ1) is 15.9. The fourth-order valence-electron chi connectivity index (χ4n) is 1.87. The fraction of sp³-hybridized carbons (Fsp3) is 0.125. The average Bonchev–Trinajstić information content (AvgIpc) is 2.50. The van der Waals surface area contributed by atoms with Gasteiger partial charge in [-0.25, -0.2) is 4.79 Å². The Hall–Kier alpha value is -2.53. The molecule has 0 fully saturated rings. The minimum absolute atomic E-state index is 0.0632. The second-order valence-corrected chi connectivity index (χ2v) is 4.84. The van der Waals surface area contributed by atoms with Gasteiger partial charge in [0.25, 0.3) is 5.91 Å². The molecule has 0 unspecified atom stereocenters. The van der Waals surface area contributed by atoms with E-state index in [1.54, 1.807) is 24.3 Å². The van der Waals surface area contributed by atoms with Crippen LogP contribution in [0.3, 0.4) is 0 Å². The summed E-state index contributed by atoms with van der Waals surface area (Å²) in [6.45, 7) is 2.41. The molecular weight excluding hydrogens is 306 g/mol. The first-order chi connectivity index (χ1) is 10.5. The molecule has 0 saturated heterocycles.